The molecule has 0 saturated carbocycles. The van der Waals surface area contributed by atoms with Crippen LogP contribution in [0, 0.1) is 0 Å². The molecule has 0 aliphatic carbocycles. The number of hydrogen-bond acceptors (Lipinski definition) is 5. The van der Waals surface area contributed by atoms with Gasteiger partial charge in [0.25, 0.3) is 0 Å². The van der Waals surface area contributed by atoms with Crippen molar-refractivity contribution in [2.24, 2.45) is 10.7 Å². The topological polar surface area (TPSA) is 107 Å². The second kappa shape index (κ2) is 6.54. The molecule has 2 aromatic carbocycles. The van der Waals surface area contributed by atoms with Crippen LogP contribution in [-0.4, -0.2) is 27.0 Å². The second-order valence-corrected chi connectivity index (χ2v) is 7.09. The summed E-state index contributed by atoms with van der Waals surface area (Å²) in [6.07, 6.45) is 7.86. The zero-order valence-electron chi connectivity index (χ0n) is 15.2. The molecule has 1 aliphatic rings. The number of fused-ring (bicyclic) bond motifs is 2. The van der Waals surface area contributed by atoms with Crippen molar-refractivity contribution in [2.45, 2.75) is 18.8 Å². The van der Waals surface area contributed by atoms with Crippen LogP contribution in [0.3, 0.4) is 0 Å². The number of aromatic nitrogens is 3. The monoisotopic (exact) mass is 371 g/mol. The van der Waals surface area contributed by atoms with Crippen LogP contribution in [0.4, 0.5) is 0 Å². The van der Waals surface area contributed by atoms with Crippen LogP contribution in [0.25, 0.3) is 21.9 Å². The van der Waals surface area contributed by atoms with Crippen molar-refractivity contribution < 1.29 is 0 Å². The highest BCUT2D eigenvalue weighted by molar-refractivity contribution is 5.80. The number of nitrogens with zero attached hydrogens (tertiary/aromatic N) is 2. The number of hydrogen-bond donors (Lipinski definition) is 5. The zero-order valence-corrected chi connectivity index (χ0v) is 15.2. The molecule has 7 heteroatoms. The van der Waals surface area contributed by atoms with Crippen LogP contribution >= 0.6 is 0 Å². The first-order chi connectivity index (χ1) is 13.7. The number of benzene rings is 2. The van der Waals surface area contributed by atoms with Gasteiger partial charge in [-0.05, 0) is 52.9 Å². The number of aliphatic imine (C=N–C) groups is 1. The predicted octanol–water partition coefficient (Wildman–Crippen LogP) is 2.50. The van der Waals surface area contributed by atoms with Gasteiger partial charge < -0.3 is 20.6 Å². The Bertz CT molecular complexity index is 1200. The molecule has 7 nitrogen and oxygen atoms in total. The zero-order chi connectivity index (χ0) is 19.0. The van der Waals surface area contributed by atoms with Crippen LogP contribution in [0.5, 0.6) is 0 Å². The van der Waals surface area contributed by atoms with E-state index in [1.807, 2.05) is 24.4 Å². The minimum absolute atomic E-state index is 0.562. The molecular formula is C21H21N7. The number of allylic oxidation sites excluding steroid dienone is 1. The van der Waals surface area contributed by atoms with Gasteiger partial charge in [0.15, 0.2) is 5.79 Å². The van der Waals surface area contributed by atoms with E-state index in [4.69, 9.17) is 5.73 Å². The average molecular weight is 371 g/mol. The summed E-state index contributed by atoms with van der Waals surface area (Å²) in [5.41, 5.74) is 11.9. The molecule has 4 aromatic rings. The number of nitrogens with two attached hydrogens (primary N) is 1. The van der Waals surface area contributed by atoms with Crippen LogP contribution < -0.4 is 16.4 Å². The fraction of sp³-hybridized carbons (Fsp3) is 0.143. The highest BCUT2D eigenvalue weighted by Crippen LogP contribution is 2.18. The summed E-state index contributed by atoms with van der Waals surface area (Å²) in [6.45, 7) is 0.698. The van der Waals surface area contributed by atoms with Gasteiger partial charge in [-0.25, -0.2) is 4.98 Å². The van der Waals surface area contributed by atoms with Crippen LogP contribution in [0.2, 0.25) is 0 Å². The largest absolute Gasteiger partial charge is 0.368 e. The number of rotatable bonds is 5. The molecule has 1 aliphatic heterocycles. The maximum absolute atomic E-state index is 6.51. The van der Waals surface area contributed by atoms with Crippen molar-refractivity contribution in [3.8, 4) is 0 Å². The Morgan fingerprint density at radius 1 is 1.00 bits per heavy atom. The summed E-state index contributed by atoms with van der Waals surface area (Å²) in [7, 11) is 0. The summed E-state index contributed by atoms with van der Waals surface area (Å²) >= 11 is 0. The van der Waals surface area contributed by atoms with Gasteiger partial charge in [0.1, 0.15) is 5.82 Å². The average Bonchev–Trinajstić information content (AvgIpc) is 3.34. The van der Waals surface area contributed by atoms with E-state index in [1.54, 1.807) is 12.5 Å². The minimum atomic E-state index is -0.893. The lowest BCUT2D eigenvalue weighted by atomic mass is 10.1. The lowest BCUT2D eigenvalue weighted by Gasteiger charge is -2.31. The van der Waals surface area contributed by atoms with Crippen LogP contribution in [-0.2, 0) is 13.0 Å². The maximum Gasteiger partial charge on any atom is 0.187 e. The SMILES string of the molecule is NC1(Cc2ccc3nc[nH]c3c2)N=CC=C(NCc2ccc3[nH]ccc3c2)N1. The highest BCUT2D eigenvalue weighted by Gasteiger charge is 2.26. The third kappa shape index (κ3) is 3.23. The summed E-state index contributed by atoms with van der Waals surface area (Å²) in [5.74, 6) is -0.0377. The molecule has 1 atom stereocenters. The fourth-order valence-corrected chi connectivity index (χ4v) is 3.56. The quantitative estimate of drug-likeness (QED) is 0.371. The molecule has 140 valence electrons. The molecule has 1 unspecified atom stereocenters. The van der Waals surface area contributed by atoms with Gasteiger partial charge in [0, 0.05) is 30.9 Å². The molecule has 0 radical (unpaired) electrons. The molecule has 5 rings (SSSR count). The van der Waals surface area contributed by atoms with Gasteiger partial charge in [0.2, 0.25) is 0 Å². The van der Waals surface area contributed by atoms with E-state index >= 15 is 0 Å². The van der Waals surface area contributed by atoms with Gasteiger partial charge in [0.05, 0.1) is 17.4 Å². The number of imidazole rings is 1. The summed E-state index contributed by atoms with van der Waals surface area (Å²) < 4.78 is 0. The maximum atomic E-state index is 6.51. The predicted molar refractivity (Wildman–Crippen MR) is 112 cm³/mol. The van der Waals surface area contributed by atoms with E-state index in [9.17, 15) is 0 Å². The second-order valence-electron chi connectivity index (χ2n) is 7.09. The molecule has 0 bridgehead atoms. The molecule has 28 heavy (non-hydrogen) atoms. The number of H-pyrrole nitrogens is 2. The normalized spacial score (nSPS) is 19.0. The van der Waals surface area contributed by atoms with E-state index in [-0.39, 0.29) is 0 Å². The molecule has 3 heterocycles. The van der Waals surface area contributed by atoms with Crippen LogP contribution in [0.15, 0.2) is 71.9 Å². The molecule has 0 amide bonds. The fourth-order valence-electron chi connectivity index (χ4n) is 3.56. The van der Waals surface area contributed by atoms with Crippen molar-refractivity contribution in [2.75, 3.05) is 0 Å². The summed E-state index contributed by atoms with van der Waals surface area (Å²) in [4.78, 5) is 15.1. The van der Waals surface area contributed by atoms with Gasteiger partial charge in [-0.1, -0.05) is 12.1 Å². The Morgan fingerprint density at radius 3 is 2.89 bits per heavy atom. The molecule has 0 saturated heterocycles. The van der Waals surface area contributed by atoms with Crippen molar-refractivity contribution in [3.63, 3.8) is 0 Å². The molecule has 2 aromatic heterocycles. The smallest absolute Gasteiger partial charge is 0.187 e. The third-order valence-electron chi connectivity index (χ3n) is 4.96. The van der Waals surface area contributed by atoms with E-state index in [2.05, 4.69) is 60.9 Å². The van der Waals surface area contributed by atoms with Crippen molar-refractivity contribution in [1.82, 2.24) is 25.6 Å². The van der Waals surface area contributed by atoms with E-state index < -0.39 is 5.79 Å². The van der Waals surface area contributed by atoms with Gasteiger partial charge in [-0.2, -0.15) is 0 Å². The Morgan fingerprint density at radius 2 is 1.93 bits per heavy atom. The summed E-state index contributed by atoms with van der Waals surface area (Å²) in [6, 6.07) is 14.5. The van der Waals surface area contributed by atoms with E-state index in [0.717, 1.165) is 27.9 Å². The molecule has 0 spiro atoms. The Labute approximate surface area is 161 Å². The first-order valence-corrected chi connectivity index (χ1v) is 9.21. The Balaban J connectivity index is 1.26. The molecule has 0 fully saturated rings. The minimum Gasteiger partial charge on any atom is -0.368 e. The van der Waals surface area contributed by atoms with E-state index in [0.29, 0.717) is 13.0 Å². The van der Waals surface area contributed by atoms with Gasteiger partial charge in [-0.15, -0.1) is 0 Å². The first kappa shape index (κ1) is 16.6. The van der Waals surface area contributed by atoms with Gasteiger partial charge >= 0.3 is 0 Å². The summed E-state index contributed by atoms with van der Waals surface area (Å²) in [5, 5.41) is 7.94. The number of nitrogens with one attached hydrogen (secondary N) is 4. The van der Waals surface area contributed by atoms with Crippen molar-refractivity contribution in [3.05, 3.63) is 78.0 Å². The van der Waals surface area contributed by atoms with Gasteiger partial charge in [-0.3, -0.25) is 10.7 Å². The standard InChI is InChI=1S/C21H21N7/c22-21(11-14-1-4-18-19(10-14)26-13-25-18)27-8-6-20(28-21)24-12-15-2-3-17-16(9-15)5-7-23-17/h1-10,13,23-24,28H,11-12,22H2,(H,25,26). The van der Waals surface area contributed by atoms with E-state index in [1.165, 1.54) is 10.9 Å². The first-order valence-electron chi connectivity index (χ1n) is 9.21. The molecular weight excluding hydrogens is 350 g/mol. The highest BCUT2D eigenvalue weighted by atomic mass is 15.3. The van der Waals surface area contributed by atoms with Crippen molar-refractivity contribution in [1.29, 1.82) is 0 Å². The lowest BCUT2D eigenvalue weighted by molar-refractivity contribution is 0.366. The third-order valence-corrected chi connectivity index (χ3v) is 4.96. The van der Waals surface area contributed by atoms with Crippen molar-refractivity contribution >= 4 is 28.2 Å². The Kier molecular flexibility index (Phi) is 3.87. The Hall–Kier alpha value is -3.58. The lowest BCUT2D eigenvalue weighted by Crippen LogP contribution is -2.56. The number of aromatic amines is 2. The molecule has 6 N–H and O–H groups in total. The van der Waals surface area contributed by atoms with Crippen LogP contribution in [0.1, 0.15) is 11.1 Å².